The van der Waals surface area contributed by atoms with Gasteiger partial charge >= 0.3 is 0 Å². The normalized spacial score (nSPS) is 20.2. The van der Waals surface area contributed by atoms with E-state index in [-0.39, 0.29) is 5.91 Å². The molecule has 0 unspecified atom stereocenters. The number of primary amides is 1. The second kappa shape index (κ2) is 3.42. The predicted octanol–water partition coefficient (Wildman–Crippen LogP) is 0.820. The van der Waals surface area contributed by atoms with E-state index in [0.29, 0.717) is 11.6 Å². The van der Waals surface area contributed by atoms with Crippen LogP contribution in [0, 0.1) is 0 Å². The van der Waals surface area contributed by atoms with Gasteiger partial charge in [-0.15, -0.1) is 0 Å². The third kappa shape index (κ3) is 1.51. The third-order valence-electron chi connectivity index (χ3n) is 2.69. The van der Waals surface area contributed by atoms with Gasteiger partial charge in [0.05, 0.1) is 0 Å². The highest BCUT2D eigenvalue weighted by Gasteiger charge is 2.18. The summed E-state index contributed by atoms with van der Waals surface area (Å²) in [5, 5.41) is 3.35. The second-order valence-corrected chi connectivity index (χ2v) is 3.79. The molecular formula is C11H14N2O. The van der Waals surface area contributed by atoms with E-state index in [1.165, 1.54) is 5.56 Å². The first-order valence-electron chi connectivity index (χ1n) is 4.82. The Morgan fingerprint density at radius 2 is 2.36 bits per heavy atom. The molecule has 1 amide bonds. The van der Waals surface area contributed by atoms with Crippen molar-refractivity contribution in [3.8, 4) is 0 Å². The monoisotopic (exact) mass is 190 g/mol. The number of rotatable bonds is 1. The average Bonchev–Trinajstić information content (AvgIpc) is 2.16. The van der Waals surface area contributed by atoms with E-state index in [0.717, 1.165) is 18.5 Å². The van der Waals surface area contributed by atoms with Gasteiger partial charge in [-0.3, -0.25) is 4.79 Å². The van der Waals surface area contributed by atoms with Crippen molar-refractivity contribution in [2.24, 2.45) is 5.73 Å². The van der Waals surface area contributed by atoms with Gasteiger partial charge < -0.3 is 11.1 Å². The Morgan fingerprint density at radius 1 is 1.57 bits per heavy atom. The maximum Gasteiger partial charge on any atom is 0.248 e. The molecule has 0 radical (unpaired) electrons. The molecule has 1 aliphatic rings. The Bertz CT molecular complexity index is 374. The van der Waals surface area contributed by atoms with Gasteiger partial charge in [0.1, 0.15) is 0 Å². The first-order chi connectivity index (χ1) is 6.68. The number of hydrogen-bond acceptors (Lipinski definition) is 2. The van der Waals surface area contributed by atoms with Crippen molar-refractivity contribution >= 4 is 5.91 Å². The fourth-order valence-corrected chi connectivity index (χ4v) is 1.93. The summed E-state index contributed by atoms with van der Waals surface area (Å²) in [6.07, 6.45) is 0.883. The van der Waals surface area contributed by atoms with Gasteiger partial charge in [-0.05, 0) is 30.5 Å². The molecule has 14 heavy (non-hydrogen) atoms. The van der Waals surface area contributed by atoms with E-state index in [1.807, 2.05) is 12.1 Å². The molecule has 3 nitrogen and oxygen atoms in total. The van der Waals surface area contributed by atoms with Crippen LogP contribution in [0.25, 0.3) is 0 Å². The summed E-state index contributed by atoms with van der Waals surface area (Å²) in [7, 11) is 0. The minimum absolute atomic E-state index is 0.323. The highest BCUT2D eigenvalue weighted by Crippen LogP contribution is 2.20. The lowest BCUT2D eigenvalue weighted by atomic mass is 9.92. The molecule has 1 aromatic rings. The topological polar surface area (TPSA) is 55.1 Å². The zero-order valence-electron chi connectivity index (χ0n) is 8.21. The quantitative estimate of drug-likeness (QED) is 0.688. The van der Waals surface area contributed by atoms with E-state index in [9.17, 15) is 4.79 Å². The largest absolute Gasteiger partial charge is 0.366 e. The lowest BCUT2D eigenvalue weighted by Gasteiger charge is -2.24. The average molecular weight is 190 g/mol. The standard InChI is InChI=1S/C11H14N2O/c1-7-5-10-8(6-13-7)3-2-4-9(10)11(12)14/h2-4,7,13H,5-6H2,1H3,(H2,12,14)/t7-/m0/s1. The number of nitrogens with one attached hydrogen (secondary N) is 1. The van der Waals surface area contributed by atoms with E-state index in [1.54, 1.807) is 6.07 Å². The molecule has 0 fully saturated rings. The van der Waals surface area contributed by atoms with Crippen molar-refractivity contribution in [3.05, 3.63) is 34.9 Å². The Morgan fingerprint density at radius 3 is 3.07 bits per heavy atom. The molecule has 1 heterocycles. The Labute approximate surface area is 83.3 Å². The van der Waals surface area contributed by atoms with E-state index in [4.69, 9.17) is 5.73 Å². The summed E-state index contributed by atoms with van der Waals surface area (Å²) >= 11 is 0. The van der Waals surface area contributed by atoms with Crippen LogP contribution in [0.15, 0.2) is 18.2 Å². The smallest absolute Gasteiger partial charge is 0.248 e. The number of benzene rings is 1. The summed E-state index contributed by atoms with van der Waals surface area (Å²) in [6, 6.07) is 6.15. The fraction of sp³-hybridized carbons (Fsp3) is 0.364. The minimum atomic E-state index is -0.323. The minimum Gasteiger partial charge on any atom is -0.366 e. The van der Waals surface area contributed by atoms with E-state index >= 15 is 0 Å². The number of nitrogens with two attached hydrogens (primary N) is 1. The van der Waals surface area contributed by atoms with Crippen LogP contribution in [0.1, 0.15) is 28.4 Å². The number of hydrogen-bond donors (Lipinski definition) is 2. The number of carbonyl (C=O) groups is 1. The van der Waals surface area contributed by atoms with Crippen LogP contribution in [0.5, 0.6) is 0 Å². The SMILES string of the molecule is C[C@H]1Cc2c(cccc2C(N)=O)CN1. The van der Waals surface area contributed by atoms with Crippen molar-refractivity contribution in [2.45, 2.75) is 25.9 Å². The predicted molar refractivity (Wildman–Crippen MR) is 55.0 cm³/mol. The van der Waals surface area contributed by atoms with Crippen molar-refractivity contribution in [1.82, 2.24) is 5.32 Å². The van der Waals surface area contributed by atoms with Crippen molar-refractivity contribution in [3.63, 3.8) is 0 Å². The molecule has 1 aliphatic heterocycles. The molecule has 0 aromatic heterocycles. The first-order valence-corrected chi connectivity index (χ1v) is 4.82. The molecule has 0 saturated heterocycles. The molecular weight excluding hydrogens is 176 g/mol. The molecule has 1 aromatic carbocycles. The Balaban J connectivity index is 2.48. The van der Waals surface area contributed by atoms with Gasteiger partial charge in [-0.2, -0.15) is 0 Å². The zero-order valence-corrected chi connectivity index (χ0v) is 8.21. The molecule has 0 saturated carbocycles. The lowest BCUT2D eigenvalue weighted by molar-refractivity contribution is 0.0999. The highest BCUT2D eigenvalue weighted by molar-refractivity contribution is 5.94. The molecule has 3 N–H and O–H groups in total. The summed E-state index contributed by atoms with van der Waals surface area (Å²) < 4.78 is 0. The summed E-state index contributed by atoms with van der Waals surface area (Å²) in [6.45, 7) is 2.94. The highest BCUT2D eigenvalue weighted by atomic mass is 16.1. The summed E-state index contributed by atoms with van der Waals surface area (Å²) in [5.74, 6) is -0.323. The summed E-state index contributed by atoms with van der Waals surface area (Å²) in [5.41, 5.74) is 8.31. The van der Waals surface area contributed by atoms with Gasteiger partial charge in [0.15, 0.2) is 0 Å². The molecule has 2 rings (SSSR count). The lowest BCUT2D eigenvalue weighted by Crippen LogP contribution is -2.34. The first kappa shape index (κ1) is 9.21. The van der Waals surface area contributed by atoms with Crippen LogP contribution in [0.4, 0.5) is 0 Å². The van der Waals surface area contributed by atoms with Crippen LogP contribution >= 0.6 is 0 Å². The molecule has 0 bridgehead atoms. The fourth-order valence-electron chi connectivity index (χ4n) is 1.93. The maximum absolute atomic E-state index is 11.2. The molecule has 74 valence electrons. The van der Waals surface area contributed by atoms with Gasteiger partial charge in [-0.25, -0.2) is 0 Å². The van der Waals surface area contributed by atoms with Gasteiger partial charge in [-0.1, -0.05) is 12.1 Å². The van der Waals surface area contributed by atoms with Gasteiger partial charge in [0, 0.05) is 18.2 Å². The zero-order chi connectivity index (χ0) is 10.1. The molecule has 0 aliphatic carbocycles. The second-order valence-electron chi connectivity index (χ2n) is 3.79. The number of fused-ring (bicyclic) bond motifs is 1. The van der Waals surface area contributed by atoms with Crippen LogP contribution in [-0.4, -0.2) is 11.9 Å². The summed E-state index contributed by atoms with van der Waals surface area (Å²) in [4.78, 5) is 11.2. The molecule has 3 heteroatoms. The van der Waals surface area contributed by atoms with Crippen LogP contribution < -0.4 is 11.1 Å². The van der Waals surface area contributed by atoms with E-state index in [2.05, 4.69) is 12.2 Å². The van der Waals surface area contributed by atoms with E-state index < -0.39 is 0 Å². The van der Waals surface area contributed by atoms with Gasteiger partial charge in [0.2, 0.25) is 5.91 Å². The third-order valence-corrected chi connectivity index (χ3v) is 2.69. The molecule has 1 atom stereocenters. The Kier molecular flexibility index (Phi) is 2.25. The van der Waals surface area contributed by atoms with Gasteiger partial charge in [0.25, 0.3) is 0 Å². The Hall–Kier alpha value is -1.35. The number of amides is 1. The number of carbonyl (C=O) groups excluding carboxylic acids is 1. The van der Waals surface area contributed by atoms with Crippen LogP contribution in [-0.2, 0) is 13.0 Å². The van der Waals surface area contributed by atoms with Crippen molar-refractivity contribution < 1.29 is 4.79 Å². The van der Waals surface area contributed by atoms with Crippen molar-refractivity contribution in [2.75, 3.05) is 0 Å². The van der Waals surface area contributed by atoms with Crippen LogP contribution in [0.3, 0.4) is 0 Å². The van der Waals surface area contributed by atoms with Crippen LogP contribution in [0.2, 0.25) is 0 Å². The van der Waals surface area contributed by atoms with Crippen molar-refractivity contribution in [1.29, 1.82) is 0 Å². The maximum atomic E-state index is 11.2. The molecule has 0 spiro atoms.